The Hall–Kier alpha value is -2.17. The molecule has 7 nitrogen and oxygen atoms in total. The van der Waals surface area contributed by atoms with Crippen LogP contribution in [-0.2, 0) is 4.79 Å². The minimum atomic E-state index is -0.458. The Morgan fingerprint density at radius 3 is 2.41 bits per heavy atom. The molecule has 0 saturated heterocycles. The van der Waals surface area contributed by atoms with E-state index in [0.717, 1.165) is 33.8 Å². The van der Waals surface area contributed by atoms with Gasteiger partial charge in [0.15, 0.2) is 11.7 Å². The molecule has 0 heterocycles. The fraction of sp³-hybridized carbons (Fsp3) is 0.318. The third kappa shape index (κ3) is 8.76. The number of aryl methyl sites for hydroxylation is 1. The molecule has 0 unspecified atom stereocenters. The largest absolute Gasteiger partial charge is 0.494 e. The monoisotopic (exact) mass is 585 g/mol. The summed E-state index contributed by atoms with van der Waals surface area (Å²) in [5.74, 6) is 0.413. The summed E-state index contributed by atoms with van der Waals surface area (Å²) in [6.07, 6.45) is 3.25. The highest BCUT2D eigenvalue weighted by Crippen LogP contribution is 2.32. The highest BCUT2D eigenvalue weighted by molar-refractivity contribution is 9.11. The zero-order valence-electron chi connectivity index (χ0n) is 17.8. The first-order chi connectivity index (χ1) is 15.3. The predicted octanol–water partition coefficient (Wildman–Crippen LogP) is 4.80. The number of amides is 2. The van der Waals surface area contributed by atoms with Gasteiger partial charge in [0, 0.05) is 10.0 Å². The number of hydrazine groups is 1. The lowest BCUT2D eigenvalue weighted by Gasteiger charge is -2.13. The average Bonchev–Trinajstić information content (AvgIpc) is 2.75. The number of halogens is 2. The van der Waals surface area contributed by atoms with Crippen molar-refractivity contribution in [3.05, 3.63) is 56.5 Å². The summed E-state index contributed by atoms with van der Waals surface area (Å²) in [6, 6.07) is 10.5. The van der Waals surface area contributed by atoms with Gasteiger partial charge in [0.05, 0.1) is 11.1 Å². The van der Waals surface area contributed by atoms with Gasteiger partial charge in [-0.05, 0) is 83.5 Å². The number of ether oxygens (including phenoxy) is 2. The van der Waals surface area contributed by atoms with Crippen LogP contribution in [0.5, 0.6) is 11.5 Å². The molecule has 0 spiro atoms. The summed E-state index contributed by atoms with van der Waals surface area (Å²) in [7, 11) is 0. The second-order valence-corrected chi connectivity index (χ2v) is 9.04. The lowest BCUT2D eigenvalue weighted by Crippen LogP contribution is -2.49. The van der Waals surface area contributed by atoms with E-state index in [4.69, 9.17) is 21.7 Å². The van der Waals surface area contributed by atoms with Gasteiger partial charge in [0.1, 0.15) is 11.5 Å². The van der Waals surface area contributed by atoms with Crippen molar-refractivity contribution in [1.82, 2.24) is 16.2 Å². The highest BCUT2D eigenvalue weighted by Gasteiger charge is 2.11. The number of carbonyl (C=O) groups excluding carboxylic acids is 2. The normalized spacial score (nSPS) is 10.2. The molecular weight excluding hydrogens is 562 g/mol. The van der Waals surface area contributed by atoms with Gasteiger partial charge in [-0.1, -0.05) is 35.7 Å². The first-order valence-electron chi connectivity index (χ1n) is 10.0. The number of nitrogens with one attached hydrogen (secondary N) is 3. The molecule has 32 heavy (non-hydrogen) atoms. The summed E-state index contributed by atoms with van der Waals surface area (Å²) in [5.41, 5.74) is 6.16. The molecule has 0 radical (unpaired) electrons. The Morgan fingerprint density at radius 1 is 1.03 bits per heavy atom. The van der Waals surface area contributed by atoms with E-state index < -0.39 is 11.8 Å². The van der Waals surface area contributed by atoms with Crippen molar-refractivity contribution in [3.63, 3.8) is 0 Å². The van der Waals surface area contributed by atoms with E-state index in [1.165, 1.54) is 0 Å². The van der Waals surface area contributed by atoms with Crippen molar-refractivity contribution in [2.24, 2.45) is 0 Å². The number of unbranched alkanes of at least 4 members (excludes halogenated alkanes) is 2. The highest BCUT2D eigenvalue weighted by atomic mass is 79.9. The van der Waals surface area contributed by atoms with E-state index >= 15 is 0 Å². The Morgan fingerprint density at radius 2 is 1.75 bits per heavy atom. The maximum absolute atomic E-state index is 12.3. The number of rotatable bonds is 9. The summed E-state index contributed by atoms with van der Waals surface area (Å²) in [5, 5.41) is 2.46. The van der Waals surface area contributed by atoms with Crippen molar-refractivity contribution >= 4 is 61.0 Å². The number of benzene rings is 2. The third-order valence-corrected chi connectivity index (χ3v) is 5.47. The first kappa shape index (κ1) is 26.1. The molecule has 2 aromatic carbocycles. The van der Waals surface area contributed by atoms with Crippen LogP contribution >= 0.6 is 44.1 Å². The zero-order chi connectivity index (χ0) is 23.5. The maximum Gasteiger partial charge on any atom is 0.276 e. The lowest BCUT2D eigenvalue weighted by atomic mass is 10.2. The average molecular weight is 587 g/mol. The van der Waals surface area contributed by atoms with Crippen LogP contribution < -0.4 is 25.6 Å². The topological polar surface area (TPSA) is 88.7 Å². The standard InChI is InChI=1S/C22H25Br2N3O4S/c1-3-4-5-10-30-17-8-6-15(7-9-17)21(29)25-22(32)27-26-19(28)13-31-20-14(2)11-16(23)12-18(20)24/h6-9,11-12H,3-5,10,13H2,1-2H3,(H,26,28)(H2,25,27,29,32). The van der Waals surface area contributed by atoms with Crippen LogP contribution in [0.3, 0.4) is 0 Å². The summed E-state index contributed by atoms with van der Waals surface area (Å²) in [4.78, 5) is 24.3. The Balaban J connectivity index is 1.74. The van der Waals surface area contributed by atoms with Gasteiger partial charge < -0.3 is 9.47 Å². The predicted molar refractivity (Wildman–Crippen MR) is 135 cm³/mol. The molecule has 2 aromatic rings. The molecule has 0 saturated carbocycles. The molecule has 3 N–H and O–H groups in total. The molecule has 0 bridgehead atoms. The van der Waals surface area contributed by atoms with Crippen LogP contribution in [0.4, 0.5) is 0 Å². The zero-order valence-corrected chi connectivity index (χ0v) is 21.8. The van der Waals surface area contributed by atoms with Crippen molar-refractivity contribution < 1.29 is 19.1 Å². The van der Waals surface area contributed by atoms with E-state index in [2.05, 4.69) is 55.0 Å². The van der Waals surface area contributed by atoms with Gasteiger partial charge in [-0.3, -0.25) is 25.8 Å². The minimum absolute atomic E-state index is 0.0377. The molecule has 0 fully saturated rings. The van der Waals surface area contributed by atoms with Crippen LogP contribution in [-0.4, -0.2) is 30.1 Å². The Bertz CT molecular complexity index is 932. The van der Waals surface area contributed by atoms with Gasteiger partial charge in [-0.2, -0.15) is 0 Å². The van der Waals surface area contributed by atoms with Gasteiger partial charge in [-0.15, -0.1) is 0 Å². The molecule has 0 aliphatic carbocycles. The van der Waals surface area contributed by atoms with E-state index in [0.29, 0.717) is 23.7 Å². The fourth-order valence-electron chi connectivity index (χ4n) is 2.62. The van der Waals surface area contributed by atoms with E-state index in [9.17, 15) is 9.59 Å². The van der Waals surface area contributed by atoms with Crippen molar-refractivity contribution in [2.75, 3.05) is 13.2 Å². The summed E-state index contributed by atoms with van der Waals surface area (Å²) in [6.45, 7) is 4.42. The first-order valence-corrected chi connectivity index (χ1v) is 12.0. The van der Waals surface area contributed by atoms with Gasteiger partial charge in [-0.25, -0.2) is 0 Å². The minimum Gasteiger partial charge on any atom is -0.494 e. The van der Waals surface area contributed by atoms with Gasteiger partial charge in [0.25, 0.3) is 11.8 Å². The summed E-state index contributed by atoms with van der Waals surface area (Å²) >= 11 is 11.9. The SMILES string of the molecule is CCCCCOc1ccc(C(=O)NC(=S)NNC(=O)COc2c(C)cc(Br)cc2Br)cc1. The Labute approximate surface area is 209 Å². The number of hydrogen-bond donors (Lipinski definition) is 3. The van der Waals surface area contributed by atoms with Crippen molar-refractivity contribution in [1.29, 1.82) is 0 Å². The summed E-state index contributed by atoms with van der Waals surface area (Å²) < 4.78 is 12.8. The smallest absolute Gasteiger partial charge is 0.276 e. The molecular formula is C22H25Br2N3O4S. The van der Waals surface area contributed by atoms with E-state index in [-0.39, 0.29) is 11.7 Å². The fourth-order valence-corrected chi connectivity index (χ4v) is 4.32. The Kier molecular flexibility index (Phi) is 10.9. The van der Waals surface area contributed by atoms with Crippen LogP contribution in [0.2, 0.25) is 0 Å². The van der Waals surface area contributed by atoms with Crippen LogP contribution in [0.15, 0.2) is 45.3 Å². The van der Waals surface area contributed by atoms with Crippen molar-refractivity contribution in [3.8, 4) is 11.5 Å². The third-order valence-electron chi connectivity index (χ3n) is 4.22. The number of hydrogen-bond acceptors (Lipinski definition) is 5. The van der Waals surface area contributed by atoms with E-state index in [1.54, 1.807) is 24.3 Å². The number of thiocarbonyl (C=S) groups is 1. The van der Waals surface area contributed by atoms with Gasteiger partial charge >= 0.3 is 0 Å². The molecule has 172 valence electrons. The molecule has 10 heteroatoms. The van der Waals surface area contributed by atoms with E-state index in [1.807, 2.05) is 19.1 Å². The van der Waals surface area contributed by atoms with Crippen LogP contribution in [0.25, 0.3) is 0 Å². The molecule has 2 rings (SSSR count). The number of carbonyl (C=O) groups is 2. The second-order valence-electron chi connectivity index (χ2n) is 6.86. The quantitative estimate of drug-likeness (QED) is 0.222. The van der Waals surface area contributed by atoms with Crippen LogP contribution in [0, 0.1) is 6.92 Å². The molecule has 2 amide bonds. The molecule has 0 aliphatic heterocycles. The van der Waals surface area contributed by atoms with Crippen molar-refractivity contribution in [2.45, 2.75) is 33.1 Å². The molecule has 0 aromatic heterocycles. The maximum atomic E-state index is 12.3. The van der Waals surface area contributed by atoms with Crippen LogP contribution in [0.1, 0.15) is 42.1 Å². The molecule has 0 aliphatic rings. The second kappa shape index (κ2) is 13.4. The molecule has 0 atom stereocenters. The lowest BCUT2D eigenvalue weighted by molar-refractivity contribution is -0.123. The van der Waals surface area contributed by atoms with Gasteiger partial charge in [0.2, 0.25) is 0 Å².